The van der Waals surface area contributed by atoms with Crippen LogP contribution >= 0.6 is 0 Å². The van der Waals surface area contributed by atoms with Crippen molar-refractivity contribution in [1.82, 2.24) is 0 Å². The van der Waals surface area contributed by atoms with Gasteiger partial charge in [0.25, 0.3) is 16.6 Å². The second-order valence-corrected chi connectivity index (χ2v) is 21.9. The Morgan fingerprint density at radius 1 is 0.605 bits per heavy atom. The zero-order valence-corrected chi connectivity index (χ0v) is 27.7. The SMILES string of the molecule is COc1cc(C(=O)c2ccc(OC)c(O[Si](C)(C)C(C)(C)C)c2O[Si](C)(C)C(C)(C)C)cc(OC)c1OC. The minimum Gasteiger partial charge on any atom is -0.540 e. The van der Waals surface area contributed by atoms with Gasteiger partial charge in [-0.2, -0.15) is 0 Å². The molecule has 0 spiro atoms. The van der Waals surface area contributed by atoms with Crippen molar-refractivity contribution < 1.29 is 32.6 Å². The molecule has 0 radical (unpaired) electrons. The standard InChI is InChI=1S/C29H46O7Si2/c1-28(2,3)37(11,12)35-25-20(15-16-21(31-7)27(25)36-38(13,14)29(4,5)6)24(30)19-17-22(32-8)26(34-10)23(18-19)33-9/h15-18H,1-14H3. The van der Waals surface area contributed by atoms with Crippen LogP contribution in [0, 0.1) is 0 Å². The molecule has 0 saturated carbocycles. The predicted octanol–water partition coefficient (Wildman–Crippen LogP) is 7.72. The van der Waals surface area contributed by atoms with Gasteiger partial charge in [0.05, 0.1) is 34.0 Å². The van der Waals surface area contributed by atoms with E-state index in [0.29, 0.717) is 45.6 Å². The molecule has 0 bridgehead atoms. The largest absolute Gasteiger partial charge is 0.540 e. The Balaban J connectivity index is 2.89. The number of carbonyl (C=O) groups is 1. The topological polar surface area (TPSA) is 72.5 Å². The Morgan fingerprint density at radius 2 is 1.03 bits per heavy atom. The first kappa shape index (κ1) is 31.6. The van der Waals surface area contributed by atoms with Crippen molar-refractivity contribution in [3.05, 3.63) is 35.4 Å². The number of rotatable bonds is 10. The first-order chi connectivity index (χ1) is 17.3. The highest BCUT2D eigenvalue weighted by Gasteiger charge is 2.44. The number of hydrogen-bond donors (Lipinski definition) is 0. The summed E-state index contributed by atoms with van der Waals surface area (Å²) in [6, 6.07) is 6.81. The summed E-state index contributed by atoms with van der Waals surface area (Å²) in [4.78, 5) is 14.2. The van der Waals surface area contributed by atoms with Crippen LogP contribution in [0.3, 0.4) is 0 Å². The van der Waals surface area contributed by atoms with Gasteiger partial charge in [0, 0.05) is 5.56 Å². The first-order valence-corrected chi connectivity index (χ1v) is 18.6. The molecule has 7 nitrogen and oxygen atoms in total. The molecule has 0 aliphatic rings. The van der Waals surface area contributed by atoms with Crippen LogP contribution in [-0.2, 0) is 0 Å². The Hall–Kier alpha value is -2.66. The summed E-state index contributed by atoms with van der Waals surface area (Å²) in [5.41, 5.74) is 0.765. The fraction of sp³-hybridized carbons (Fsp3) is 0.552. The maximum Gasteiger partial charge on any atom is 0.250 e. The minimum atomic E-state index is -2.40. The van der Waals surface area contributed by atoms with Crippen molar-refractivity contribution in [1.29, 1.82) is 0 Å². The molecule has 0 amide bonds. The summed E-state index contributed by atoms with van der Waals surface area (Å²) in [5, 5.41) is -0.194. The van der Waals surface area contributed by atoms with E-state index >= 15 is 0 Å². The molecule has 0 fully saturated rings. The van der Waals surface area contributed by atoms with Crippen molar-refractivity contribution in [2.75, 3.05) is 28.4 Å². The zero-order chi connectivity index (χ0) is 29.3. The van der Waals surface area contributed by atoms with Crippen molar-refractivity contribution >= 4 is 22.4 Å². The van der Waals surface area contributed by atoms with Crippen LogP contribution in [0.5, 0.6) is 34.5 Å². The Bertz CT molecular complexity index is 1130. The lowest BCUT2D eigenvalue weighted by Gasteiger charge is -2.40. The van der Waals surface area contributed by atoms with Crippen LogP contribution in [-0.4, -0.2) is 50.9 Å². The van der Waals surface area contributed by atoms with Gasteiger partial charge in [0.1, 0.15) is 0 Å². The molecule has 9 heteroatoms. The number of hydrogen-bond acceptors (Lipinski definition) is 7. The molecule has 38 heavy (non-hydrogen) atoms. The van der Waals surface area contributed by atoms with Crippen LogP contribution < -0.4 is 27.8 Å². The summed E-state index contributed by atoms with van der Waals surface area (Å²) in [5.74, 6) is 2.38. The molecule has 0 unspecified atom stereocenters. The maximum absolute atomic E-state index is 14.2. The first-order valence-electron chi connectivity index (χ1n) is 12.8. The van der Waals surface area contributed by atoms with Gasteiger partial charge in [-0.15, -0.1) is 0 Å². The van der Waals surface area contributed by atoms with Crippen LogP contribution in [0.1, 0.15) is 57.5 Å². The van der Waals surface area contributed by atoms with Gasteiger partial charge in [-0.1, -0.05) is 41.5 Å². The molecule has 2 aromatic rings. The van der Waals surface area contributed by atoms with E-state index in [9.17, 15) is 4.79 Å². The average Bonchev–Trinajstić information content (AvgIpc) is 2.81. The van der Waals surface area contributed by atoms with Gasteiger partial charge in [0.15, 0.2) is 34.5 Å². The monoisotopic (exact) mass is 562 g/mol. The second-order valence-electron chi connectivity index (χ2n) is 12.4. The predicted molar refractivity (Wildman–Crippen MR) is 158 cm³/mol. The van der Waals surface area contributed by atoms with Gasteiger partial charge in [-0.05, 0) is 60.5 Å². The third-order valence-corrected chi connectivity index (χ3v) is 16.4. The average molecular weight is 563 g/mol. The second kappa shape index (κ2) is 11.2. The lowest BCUT2D eigenvalue weighted by molar-refractivity contribution is 0.103. The normalized spacial score (nSPS) is 12.6. The molecule has 0 N–H and O–H groups in total. The Labute approximate surface area is 231 Å². The van der Waals surface area contributed by atoms with Crippen LogP contribution in [0.25, 0.3) is 0 Å². The number of ketones is 1. The van der Waals surface area contributed by atoms with Crippen molar-refractivity contribution in [2.24, 2.45) is 0 Å². The molecule has 212 valence electrons. The molecule has 0 aromatic heterocycles. The van der Waals surface area contributed by atoms with Crippen LogP contribution in [0.2, 0.25) is 36.3 Å². The van der Waals surface area contributed by atoms with E-state index in [1.54, 1.807) is 31.4 Å². The van der Waals surface area contributed by atoms with E-state index in [4.69, 9.17) is 27.8 Å². The molecule has 2 aromatic carbocycles. The van der Waals surface area contributed by atoms with Gasteiger partial charge >= 0.3 is 0 Å². The summed E-state index contributed by atoms with van der Waals surface area (Å²) < 4.78 is 35.9. The highest BCUT2D eigenvalue weighted by Crippen LogP contribution is 2.49. The number of carbonyl (C=O) groups excluding carboxylic acids is 1. The van der Waals surface area contributed by atoms with E-state index in [2.05, 4.69) is 67.7 Å². The fourth-order valence-electron chi connectivity index (χ4n) is 3.27. The summed E-state index contributed by atoms with van der Waals surface area (Å²) in [6.45, 7) is 21.6. The minimum absolute atomic E-state index is 0.0804. The third-order valence-electron chi connectivity index (χ3n) is 7.79. The molecular formula is C29H46O7Si2. The fourth-order valence-corrected chi connectivity index (χ4v) is 5.30. The quantitative estimate of drug-likeness (QED) is 0.217. The number of ether oxygens (including phenoxy) is 4. The molecule has 0 saturated heterocycles. The molecule has 2 rings (SSSR count). The van der Waals surface area contributed by atoms with Crippen LogP contribution in [0.4, 0.5) is 0 Å². The smallest absolute Gasteiger partial charge is 0.250 e. The molecule has 0 aliphatic carbocycles. The highest BCUT2D eigenvalue weighted by atomic mass is 28.4. The summed E-state index contributed by atoms with van der Waals surface area (Å²) in [7, 11) is 1.44. The van der Waals surface area contributed by atoms with E-state index in [0.717, 1.165) is 0 Å². The van der Waals surface area contributed by atoms with E-state index < -0.39 is 16.6 Å². The highest BCUT2D eigenvalue weighted by molar-refractivity contribution is 6.75. The van der Waals surface area contributed by atoms with Gasteiger partial charge in [-0.3, -0.25) is 4.79 Å². The Morgan fingerprint density at radius 3 is 1.39 bits per heavy atom. The third kappa shape index (κ3) is 6.31. The van der Waals surface area contributed by atoms with Crippen molar-refractivity contribution in [3.63, 3.8) is 0 Å². The lowest BCUT2D eigenvalue weighted by atomic mass is 10.0. The Kier molecular flexibility index (Phi) is 9.32. The lowest BCUT2D eigenvalue weighted by Crippen LogP contribution is -2.46. The van der Waals surface area contributed by atoms with Crippen LogP contribution in [0.15, 0.2) is 24.3 Å². The molecular weight excluding hydrogens is 516 g/mol. The zero-order valence-electron chi connectivity index (χ0n) is 25.7. The van der Waals surface area contributed by atoms with Crippen molar-refractivity contribution in [3.8, 4) is 34.5 Å². The maximum atomic E-state index is 14.2. The van der Waals surface area contributed by atoms with Gasteiger partial charge in [-0.25, -0.2) is 0 Å². The van der Waals surface area contributed by atoms with Gasteiger partial charge in [0.2, 0.25) is 5.75 Å². The summed E-state index contributed by atoms with van der Waals surface area (Å²) in [6.07, 6.45) is 0. The van der Waals surface area contributed by atoms with E-state index in [1.165, 1.54) is 21.3 Å². The molecule has 0 heterocycles. The number of benzene rings is 2. The molecule has 0 atom stereocenters. The van der Waals surface area contributed by atoms with Crippen molar-refractivity contribution in [2.45, 2.75) is 77.8 Å². The van der Waals surface area contributed by atoms with E-state index in [-0.39, 0.29) is 15.9 Å². The van der Waals surface area contributed by atoms with E-state index in [1.807, 2.05) is 0 Å². The summed E-state index contributed by atoms with van der Waals surface area (Å²) >= 11 is 0. The molecule has 0 aliphatic heterocycles. The van der Waals surface area contributed by atoms with Gasteiger partial charge < -0.3 is 27.8 Å². The number of methoxy groups -OCH3 is 4.